The number of halogens is 2. The van der Waals surface area contributed by atoms with Gasteiger partial charge in [0.1, 0.15) is 18.3 Å². The molecule has 0 aliphatic heterocycles. The number of sulfonamides is 1. The Morgan fingerprint density at radius 2 is 1.65 bits per heavy atom. The molecule has 0 aliphatic carbocycles. The maximum Gasteiger partial charge on any atom is 0.264 e. The van der Waals surface area contributed by atoms with Crippen LogP contribution in [0.4, 0.5) is 5.69 Å². The second kappa shape index (κ2) is 14.4. The number of carbonyl (C=O) groups is 2. The summed E-state index contributed by atoms with van der Waals surface area (Å²) in [5, 5.41) is 3.70. The average Bonchev–Trinajstić information content (AvgIpc) is 2.95. The van der Waals surface area contributed by atoms with Gasteiger partial charge in [0.15, 0.2) is 0 Å². The monoisotopic (exact) mass is 605 g/mol. The highest BCUT2D eigenvalue weighted by molar-refractivity contribution is 7.92. The van der Waals surface area contributed by atoms with Gasteiger partial charge in [-0.25, -0.2) is 8.42 Å². The summed E-state index contributed by atoms with van der Waals surface area (Å²) in [5.74, 6) is -0.408. The molecule has 0 saturated carbocycles. The van der Waals surface area contributed by atoms with E-state index in [0.29, 0.717) is 22.3 Å². The first-order valence-corrected chi connectivity index (χ1v) is 15.0. The Bertz CT molecular complexity index is 1400. The molecule has 1 N–H and O–H groups in total. The highest BCUT2D eigenvalue weighted by atomic mass is 35.5. The number of hydrogen-bond donors (Lipinski definition) is 1. The minimum Gasteiger partial charge on any atom is -0.497 e. The van der Waals surface area contributed by atoms with Crippen molar-refractivity contribution in [2.24, 2.45) is 0 Å². The summed E-state index contributed by atoms with van der Waals surface area (Å²) in [6, 6.07) is 18.2. The second-order valence-corrected chi connectivity index (χ2v) is 11.9. The van der Waals surface area contributed by atoms with Crippen LogP contribution < -0.4 is 14.4 Å². The van der Waals surface area contributed by atoms with Gasteiger partial charge in [-0.3, -0.25) is 13.9 Å². The van der Waals surface area contributed by atoms with Crippen LogP contribution in [-0.4, -0.2) is 51.4 Å². The second-order valence-electron chi connectivity index (χ2n) is 9.14. The fraction of sp³-hybridized carbons (Fsp3) is 0.310. The first-order valence-electron chi connectivity index (χ1n) is 12.8. The number of carbonyl (C=O) groups excluding carboxylic acids is 2. The Balaban J connectivity index is 2.00. The van der Waals surface area contributed by atoms with Gasteiger partial charge in [-0.2, -0.15) is 0 Å². The number of rotatable bonds is 13. The van der Waals surface area contributed by atoms with Gasteiger partial charge in [0.2, 0.25) is 11.8 Å². The zero-order valence-electron chi connectivity index (χ0n) is 22.6. The number of methoxy groups -OCH3 is 1. The Morgan fingerprint density at radius 1 is 0.975 bits per heavy atom. The number of amides is 2. The fourth-order valence-corrected chi connectivity index (χ4v) is 5.66. The van der Waals surface area contributed by atoms with E-state index in [2.05, 4.69) is 5.32 Å². The van der Waals surface area contributed by atoms with Crippen LogP contribution in [0.3, 0.4) is 0 Å². The maximum absolute atomic E-state index is 13.9. The Kier molecular flexibility index (Phi) is 11.2. The maximum atomic E-state index is 13.9. The number of nitrogens with zero attached hydrogens (tertiary/aromatic N) is 2. The summed E-state index contributed by atoms with van der Waals surface area (Å²) < 4.78 is 33.9. The molecule has 0 heterocycles. The van der Waals surface area contributed by atoms with E-state index in [1.807, 2.05) is 6.92 Å². The van der Waals surface area contributed by atoms with Gasteiger partial charge >= 0.3 is 0 Å². The summed E-state index contributed by atoms with van der Waals surface area (Å²) in [5.41, 5.74) is 0.946. The van der Waals surface area contributed by atoms with E-state index in [-0.39, 0.29) is 23.0 Å². The molecule has 8 nitrogen and oxygen atoms in total. The molecule has 0 fully saturated rings. The first-order chi connectivity index (χ1) is 19.1. The van der Waals surface area contributed by atoms with Crippen LogP contribution in [0, 0.1) is 0 Å². The fourth-order valence-electron chi connectivity index (χ4n) is 3.94. The lowest BCUT2D eigenvalue weighted by Crippen LogP contribution is -2.51. The Labute approximate surface area is 245 Å². The lowest BCUT2D eigenvalue weighted by molar-refractivity contribution is -0.139. The van der Waals surface area contributed by atoms with Crippen LogP contribution in [0.5, 0.6) is 5.75 Å². The predicted octanol–water partition coefficient (Wildman–Crippen LogP) is 5.53. The van der Waals surface area contributed by atoms with E-state index >= 15 is 0 Å². The third-order valence-electron chi connectivity index (χ3n) is 6.29. The zero-order chi connectivity index (χ0) is 29.3. The molecular weight excluding hydrogens is 573 g/mol. The number of nitrogens with one attached hydrogen (secondary N) is 1. The Hall–Kier alpha value is -3.27. The molecule has 0 bridgehead atoms. The molecule has 0 spiro atoms. The van der Waals surface area contributed by atoms with E-state index in [1.54, 1.807) is 49.4 Å². The van der Waals surface area contributed by atoms with Crippen molar-refractivity contribution in [1.82, 2.24) is 10.2 Å². The molecule has 0 aromatic heterocycles. The van der Waals surface area contributed by atoms with Gasteiger partial charge in [0, 0.05) is 23.1 Å². The zero-order valence-corrected chi connectivity index (χ0v) is 25.0. The SMILES string of the molecule is CCCCNC(=O)C(C)N(Cc1ccc(Cl)cc1)C(=O)CN(c1cccc(Cl)c1)S(=O)(=O)c1ccc(OC)cc1. The molecule has 40 heavy (non-hydrogen) atoms. The summed E-state index contributed by atoms with van der Waals surface area (Å²) >= 11 is 12.2. The van der Waals surface area contributed by atoms with E-state index in [0.717, 1.165) is 22.7 Å². The summed E-state index contributed by atoms with van der Waals surface area (Å²) in [7, 11) is -2.73. The topological polar surface area (TPSA) is 96.0 Å². The lowest BCUT2D eigenvalue weighted by Gasteiger charge is -2.32. The molecule has 0 saturated heterocycles. The van der Waals surface area contributed by atoms with Crippen LogP contribution >= 0.6 is 23.2 Å². The molecule has 1 atom stereocenters. The van der Waals surface area contributed by atoms with E-state index < -0.39 is 28.5 Å². The van der Waals surface area contributed by atoms with Crippen molar-refractivity contribution in [3.8, 4) is 5.75 Å². The van der Waals surface area contributed by atoms with Gasteiger partial charge in [0.05, 0.1) is 17.7 Å². The molecule has 0 radical (unpaired) electrons. The summed E-state index contributed by atoms with van der Waals surface area (Å²) in [6.07, 6.45) is 1.70. The van der Waals surface area contributed by atoms with Gasteiger partial charge in [-0.1, -0.05) is 54.7 Å². The molecule has 1 unspecified atom stereocenters. The van der Waals surface area contributed by atoms with Crippen molar-refractivity contribution < 1.29 is 22.7 Å². The quantitative estimate of drug-likeness (QED) is 0.258. The van der Waals surface area contributed by atoms with Crippen molar-refractivity contribution in [3.63, 3.8) is 0 Å². The van der Waals surface area contributed by atoms with Crippen LogP contribution in [-0.2, 0) is 26.2 Å². The van der Waals surface area contributed by atoms with Crippen LogP contribution in [0.1, 0.15) is 32.3 Å². The van der Waals surface area contributed by atoms with Crippen LogP contribution in [0.15, 0.2) is 77.7 Å². The smallest absolute Gasteiger partial charge is 0.264 e. The van der Waals surface area contributed by atoms with Crippen molar-refractivity contribution in [1.29, 1.82) is 0 Å². The molecule has 3 aromatic carbocycles. The molecule has 3 rings (SSSR count). The van der Waals surface area contributed by atoms with Crippen molar-refractivity contribution in [2.45, 2.75) is 44.2 Å². The molecular formula is C29H33Cl2N3O5S. The van der Waals surface area contributed by atoms with Crippen molar-refractivity contribution >= 4 is 50.7 Å². The first kappa shape index (κ1) is 31.3. The lowest BCUT2D eigenvalue weighted by atomic mass is 10.1. The average molecular weight is 607 g/mol. The standard InChI is InChI=1S/C29H33Cl2N3O5S/c1-4-5-17-32-29(36)21(2)33(19-22-9-11-23(30)12-10-22)28(35)20-34(25-8-6-7-24(31)18-25)40(37,38)27-15-13-26(39-3)14-16-27/h6-16,18,21H,4-5,17,19-20H2,1-3H3,(H,32,36). The van der Waals surface area contributed by atoms with Crippen LogP contribution in [0.2, 0.25) is 10.0 Å². The summed E-state index contributed by atoms with van der Waals surface area (Å²) in [4.78, 5) is 28.2. The minimum atomic E-state index is -4.21. The third kappa shape index (κ3) is 8.13. The number of anilines is 1. The van der Waals surface area contributed by atoms with Gasteiger partial charge < -0.3 is 15.0 Å². The molecule has 3 aromatic rings. The number of unbranched alkanes of at least 4 members (excludes halogenated alkanes) is 1. The molecule has 11 heteroatoms. The largest absolute Gasteiger partial charge is 0.497 e. The number of ether oxygens (including phenoxy) is 1. The van der Waals surface area contributed by atoms with E-state index in [4.69, 9.17) is 27.9 Å². The van der Waals surface area contributed by atoms with Gasteiger partial charge in [0.25, 0.3) is 10.0 Å². The van der Waals surface area contributed by atoms with E-state index in [1.165, 1.54) is 42.3 Å². The highest BCUT2D eigenvalue weighted by Gasteiger charge is 2.32. The third-order valence-corrected chi connectivity index (χ3v) is 8.56. The van der Waals surface area contributed by atoms with Crippen LogP contribution in [0.25, 0.3) is 0 Å². The van der Waals surface area contributed by atoms with E-state index in [9.17, 15) is 18.0 Å². The molecule has 214 valence electrons. The van der Waals surface area contributed by atoms with Gasteiger partial charge in [-0.15, -0.1) is 0 Å². The normalized spacial score (nSPS) is 11.9. The number of hydrogen-bond acceptors (Lipinski definition) is 5. The highest BCUT2D eigenvalue weighted by Crippen LogP contribution is 2.28. The molecule has 0 aliphatic rings. The minimum absolute atomic E-state index is 0.0318. The molecule has 2 amide bonds. The number of benzene rings is 3. The van der Waals surface area contributed by atoms with Crippen molar-refractivity contribution in [2.75, 3.05) is 24.5 Å². The Morgan fingerprint density at radius 3 is 2.25 bits per heavy atom. The predicted molar refractivity (Wildman–Crippen MR) is 158 cm³/mol. The summed E-state index contributed by atoms with van der Waals surface area (Å²) in [6.45, 7) is 3.62. The van der Waals surface area contributed by atoms with Gasteiger partial charge in [-0.05, 0) is 73.5 Å². The van der Waals surface area contributed by atoms with Crippen molar-refractivity contribution in [3.05, 3.63) is 88.4 Å².